The summed E-state index contributed by atoms with van der Waals surface area (Å²) in [6, 6.07) is 1.94. The van der Waals surface area contributed by atoms with Crippen molar-refractivity contribution in [2.75, 3.05) is 6.54 Å². The molecule has 3 nitrogen and oxygen atoms in total. The van der Waals surface area contributed by atoms with Crippen molar-refractivity contribution in [1.29, 1.82) is 0 Å². The molecule has 0 radical (unpaired) electrons. The van der Waals surface area contributed by atoms with Gasteiger partial charge in [0.2, 0.25) is 0 Å². The van der Waals surface area contributed by atoms with Crippen LogP contribution in [0.25, 0.3) is 0 Å². The van der Waals surface area contributed by atoms with Crippen LogP contribution in [-0.4, -0.2) is 29.2 Å². The number of likely N-dealkylation sites (tertiary alicyclic amines) is 1. The van der Waals surface area contributed by atoms with Crippen LogP contribution < -0.4 is 0 Å². The van der Waals surface area contributed by atoms with Crippen molar-refractivity contribution in [3.63, 3.8) is 0 Å². The average Bonchev–Trinajstić information content (AvgIpc) is 2.85. The Morgan fingerprint density at radius 3 is 2.94 bits per heavy atom. The second-order valence-electron chi connectivity index (χ2n) is 4.34. The van der Waals surface area contributed by atoms with Gasteiger partial charge in [-0.1, -0.05) is 0 Å². The Balaban J connectivity index is 2.10. The third-order valence-electron chi connectivity index (χ3n) is 2.98. The summed E-state index contributed by atoms with van der Waals surface area (Å²) >= 11 is 4.87. The monoisotopic (exact) mass is 315 g/mol. The number of ketones is 1. The fraction of sp³-hybridized carbons (Fsp3) is 0.500. The van der Waals surface area contributed by atoms with E-state index in [4.69, 9.17) is 0 Å². The zero-order valence-electron chi connectivity index (χ0n) is 9.61. The molecule has 1 saturated heterocycles. The van der Waals surface area contributed by atoms with E-state index >= 15 is 0 Å². The second-order valence-corrected chi connectivity index (χ2v) is 6.63. The summed E-state index contributed by atoms with van der Waals surface area (Å²) in [4.78, 5) is 25.3. The first-order valence-electron chi connectivity index (χ1n) is 5.62. The number of hydrogen-bond donors (Lipinski definition) is 0. The number of amides is 1. The van der Waals surface area contributed by atoms with E-state index in [2.05, 4.69) is 15.9 Å². The van der Waals surface area contributed by atoms with E-state index in [1.165, 1.54) is 11.3 Å². The lowest BCUT2D eigenvalue weighted by Crippen LogP contribution is -2.36. The number of halogens is 1. The largest absolute Gasteiger partial charge is 0.335 e. The minimum atomic E-state index is 0.0516. The van der Waals surface area contributed by atoms with Crippen LogP contribution in [0, 0.1) is 0 Å². The topological polar surface area (TPSA) is 37.4 Å². The molecule has 0 spiro atoms. The summed E-state index contributed by atoms with van der Waals surface area (Å²) in [7, 11) is 0. The van der Waals surface area contributed by atoms with E-state index in [1.807, 2.05) is 16.3 Å². The van der Waals surface area contributed by atoms with Crippen molar-refractivity contribution >= 4 is 39.0 Å². The second kappa shape index (κ2) is 5.31. The van der Waals surface area contributed by atoms with Gasteiger partial charge in [0.15, 0.2) is 0 Å². The molecule has 1 fully saturated rings. The smallest absolute Gasteiger partial charge is 0.254 e. The van der Waals surface area contributed by atoms with Gasteiger partial charge < -0.3 is 4.90 Å². The van der Waals surface area contributed by atoms with Crippen LogP contribution in [0.3, 0.4) is 0 Å². The van der Waals surface area contributed by atoms with Gasteiger partial charge in [-0.2, -0.15) is 0 Å². The zero-order valence-corrected chi connectivity index (χ0v) is 12.0. The van der Waals surface area contributed by atoms with Crippen LogP contribution in [0.4, 0.5) is 0 Å². The molecule has 0 aromatic carbocycles. The van der Waals surface area contributed by atoms with E-state index < -0.39 is 0 Å². The Hall–Kier alpha value is -0.680. The van der Waals surface area contributed by atoms with Crippen LogP contribution in [0.2, 0.25) is 0 Å². The highest BCUT2D eigenvalue weighted by atomic mass is 79.9. The lowest BCUT2D eigenvalue weighted by molar-refractivity contribution is -0.117. The van der Waals surface area contributed by atoms with E-state index in [-0.39, 0.29) is 17.7 Å². The number of hydrogen-bond acceptors (Lipinski definition) is 3. The number of carbonyl (C=O) groups excluding carboxylic acids is 2. The van der Waals surface area contributed by atoms with Crippen LogP contribution in [-0.2, 0) is 4.79 Å². The number of nitrogens with zero attached hydrogens (tertiary/aromatic N) is 1. The molecule has 0 bridgehead atoms. The lowest BCUT2D eigenvalue weighted by Gasteiger charge is -2.23. The van der Waals surface area contributed by atoms with Gasteiger partial charge in [0.1, 0.15) is 5.78 Å². The summed E-state index contributed by atoms with van der Waals surface area (Å²) < 4.78 is 0.961. The Kier molecular flexibility index (Phi) is 3.99. The van der Waals surface area contributed by atoms with Gasteiger partial charge in [-0.25, -0.2) is 0 Å². The molecule has 1 aromatic rings. The fourth-order valence-corrected chi connectivity index (χ4v) is 3.37. The number of thiophene rings is 1. The predicted molar refractivity (Wildman–Crippen MR) is 71.4 cm³/mol. The summed E-state index contributed by atoms with van der Waals surface area (Å²) in [6.45, 7) is 2.35. The molecular weight excluding hydrogens is 302 g/mol. The SMILES string of the molecule is CC(=O)CC1CCCN1C(=O)c1csc(Br)c1. The minimum Gasteiger partial charge on any atom is -0.335 e. The van der Waals surface area contributed by atoms with Crippen LogP contribution in [0.5, 0.6) is 0 Å². The molecular formula is C12H14BrNO2S. The Labute approximate surface area is 113 Å². The molecule has 1 unspecified atom stereocenters. The van der Waals surface area contributed by atoms with Crippen molar-refractivity contribution in [3.05, 3.63) is 20.8 Å². The summed E-state index contributed by atoms with van der Waals surface area (Å²) in [5, 5.41) is 1.86. The third-order valence-corrected chi connectivity index (χ3v) is 4.48. The molecule has 1 amide bonds. The summed E-state index contributed by atoms with van der Waals surface area (Å²) in [5.41, 5.74) is 0.720. The van der Waals surface area contributed by atoms with E-state index in [9.17, 15) is 9.59 Å². The number of rotatable bonds is 3. The lowest BCUT2D eigenvalue weighted by atomic mass is 10.1. The van der Waals surface area contributed by atoms with Gasteiger partial charge in [-0.15, -0.1) is 11.3 Å². The molecule has 17 heavy (non-hydrogen) atoms. The maximum atomic E-state index is 12.3. The van der Waals surface area contributed by atoms with Crippen LogP contribution in [0.15, 0.2) is 15.2 Å². The minimum absolute atomic E-state index is 0.0516. The van der Waals surface area contributed by atoms with Crippen molar-refractivity contribution in [2.45, 2.75) is 32.2 Å². The van der Waals surface area contributed by atoms with Crippen molar-refractivity contribution in [2.24, 2.45) is 0 Å². The van der Waals surface area contributed by atoms with Gasteiger partial charge in [0.05, 0.1) is 9.35 Å². The predicted octanol–water partition coefficient (Wildman–Crippen LogP) is 3.09. The van der Waals surface area contributed by atoms with E-state index in [0.717, 1.165) is 28.7 Å². The van der Waals surface area contributed by atoms with Crippen molar-refractivity contribution in [3.8, 4) is 0 Å². The molecule has 1 aliphatic rings. The van der Waals surface area contributed by atoms with E-state index in [0.29, 0.717) is 6.42 Å². The molecule has 1 atom stereocenters. The van der Waals surface area contributed by atoms with Gasteiger partial charge in [0, 0.05) is 24.4 Å². The van der Waals surface area contributed by atoms with Gasteiger partial charge in [-0.3, -0.25) is 9.59 Å². The van der Waals surface area contributed by atoms with Crippen molar-refractivity contribution in [1.82, 2.24) is 4.90 Å². The summed E-state index contributed by atoms with van der Waals surface area (Å²) in [6.07, 6.45) is 2.42. The molecule has 0 saturated carbocycles. The Morgan fingerprint density at radius 1 is 1.59 bits per heavy atom. The van der Waals surface area contributed by atoms with Gasteiger partial charge in [0.25, 0.3) is 5.91 Å². The summed E-state index contributed by atoms with van der Waals surface area (Å²) in [5.74, 6) is 0.205. The molecule has 1 aliphatic heterocycles. The first kappa shape index (κ1) is 12.8. The number of Topliss-reactive ketones (excluding diaryl/α,β-unsaturated/α-hetero) is 1. The van der Waals surface area contributed by atoms with Crippen LogP contribution >= 0.6 is 27.3 Å². The molecule has 2 heterocycles. The molecule has 0 N–H and O–H groups in total. The molecule has 1 aromatic heterocycles. The van der Waals surface area contributed by atoms with Gasteiger partial charge >= 0.3 is 0 Å². The molecule has 2 rings (SSSR count). The average molecular weight is 316 g/mol. The molecule has 5 heteroatoms. The maximum Gasteiger partial charge on any atom is 0.254 e. The maximum absolute atomic E-state index is 12.3. The van der Waals surface area contributed by atoms with Crippen LogP contribution in [0.1, 0.15) is 36.5 Å². The first-order chi connectivity index (χ1) is 8.08. The Morgan fingerprint density at radius 2 is 2.35 bits per heavy atom. The highest BCUT2D eigenvalue weighted by Crippen LogP contribution is 2.26. The standard InChI is InChI=1S/C12H14BrNO2S/c1-8(15)5-10-3-2-4-14(10)12(16)9-6-11(13)17-7-9/h6-7,10H,2-5H2,1H3. The van der Waals surface area contributed by atoms with Gasteiger partial charge in [-0.05, 0) is 41.8 Å². The zero-order chi connectivity index (χ0) is 12.4. The number of carbonyl (C=O) groups is 2. The Bertz CT molecular complexity index is 443. The first-order valence-corrected chi connectivity index (χ1v) is 7.29. The quantitative estimate of drug-likeness (QED) is 0.859. The molecule has 0 aliphatic carbocycles. The highest BCUT2D eigenvalue weighted by Gasteiger charge is 2.30. The molecule has 92 valence electrons. The fourth-order valence-electron chi connectivity index (χ4n) is 2.24. The van der Waals surface area contributed by atoms with E-state index in [1.54, 1.807) is 6.92 Å². The van der Waals surface area contributed by atoms with Crippen molar-refractivity contribution < 1.29 is 9.59 Å². The highest BCUT2D eigenvalue weighted by molar-refractivity contribution is 9.11. The third kappa shape index (κ3) is 2.96. The normalized spacial score (nSPS) is 19.6.